The number of sulfonamides is 1. The molecule has 2 heterocycles. The Kier molecular flexibility index (Phi) is 21.5. The number of aliphatic hydroxyl groups is 1. The van der Waals surface area contributed by atoms with Crippen molar-refractivity contribution in [3.8, 4) is 0 Å². The first kappa shape index (κ1) is 47.8. The van der Waals surface area contributed by atoms with Crippen molar-refractivity contribution in [2.24, 2.45) is 0 Å². The number of pyridine rings is 1. The Morgan fingerprint density at radius 3 is 2.19 bits per heavy atom. The molecule has 52 heavy (non-hydrogen) atoms. The fraction of sp³-hybridized carbons (Fsp3) is 0.375. The molecule has 1 aromatic carbocycles. The van der Waals surface area contributed by atoms with Gasteiger partial charge in [-0.1, -0.05) is 95.2 Å². The molecule has 10 nitrogen and oxygen atoms in total. The van der Waals surface area contributed by atoms with E-state index in [0.717, 1.165) is 15.9 Å². The van der Waals surface area contributed by atoms with Crippen LogP contribution in [0, 0.1) is 0 Å². The van der Waals surface area contributed by atoms with Crippen LogP contribution in [0.2, 0.25) is 0 Å². The quantitative estimate of drug-likeness (QED) is 0.0526. The number of nitrogens with one attached hydrogen (secondary N) is 1. The number of aldehydes is 1. The maximum absolute atomic E-state index is 12.9. The Balaban J connectivity index is 0.00000145. The Morgan fingerprint density at radius 2 is 1.73 bits per heavy atom. The third-order valence-corrected chi connectivity index (χ3v) is 9.48. The second-order valence-electron chi connectivity index (χ2n) is 11.4. The maximum atomic E-state index is 12.9. The van der Waals surface area contributed by atoms with Gasteiger partial charge in [0, 0.05) is 16.7 Å². The molecule has 3 rings (SSSR count). The number of ether oxygens (including phenoxy) is 1. The van der Waals surface area contributed by atoms with Crippen LogP contribution in [-0.2, 0) is 25.1 Å². The predicted octanol–water partition coefficient (Wildman–Crippen LogP) is 7.97. The van der Waals surface area contributed by atoms with E-state index in [1.54, 1.807) is 6.07 Å². The van der Waals surface area contributed by atoms with E-state index in [9.17, 15) is 23.1 Å². The molecule has 0 bridgehead atoms. The van der Waals surface area contributed by atoms with Crippen molar-refractivity contribution in [2.45, 2.75) is 66.8 Å². The summed E-state index contributed by atoms with van der Waals surface area (Å²) in [6.07, 6.45) is 9.05. The third kappa shape index (κ3) is 13.4. The number of carbonyl (C=O) groups is 2. The minimum atomic E-state index is -3.85. The average Bonchev–Trinajstić information content (AvgIpc) is 3.54. The Hall–Kier alpha value is -4.15. The summed E-state index contributed by atoms with van der Waals surface area (Å²) >= 11 is 0. The second-order valence-corrected chi connectivity index (χ2v) is 14.0. The summed E-state index contributed by atoms with van der Waals surface area (Å²) < 4.78 is 32.8. The van der Waals surface area contributed by atoms with Crippen LogP contribution >= 0.6 is 9.24 Å². The lowest BCUT2D eigenvalue weighted by Gasteiger charge is -2.24. The molecule has 2 N–H and O–H groups in total. The van der Waals surface area contributed by atoms with E-state index < -0.39 is 22.6 Å². The molecular formula is C40H59N4O6PS. The summed E-state index contributed by atoms with van der Waals surface area (Å²) in [7, 11) is 2.03. The van der Waals surface area contributed by atoms with Gasteiger partial charge in [0.25, 0.3) is 0 Å². The lowest BCUT2D eigenvalue weighted by Crippen LogP contribution is -2.33. The number of allylic oxidation sites excluding steroid dienone is 7. The number of esters is 1. The number of anilines is 1. The van der Waals surface area contributed by atoms with E-state index in [0.29, 0.717) is 47.0 Å². The van der Waals surface area contributed by atoms with Crippen LogP contribution in [0.5, 0.6) is 0 Å². The highest BCUT2D eigenvalue weighted by molar-refractivity contribution is 7.92. The number of benzene rings is 1. The Labute approximate surface area is 314 Å². The highest BCUT2D eigenvalue weighted by atomic mass is 32.2. The van der Waals surface area contributed by atoms with Gasteiger partial charge in [0.15, 0.2) is 0 Å². The summed E-state index contributed by atoms with van der Waals surface area (Å²) in [5.74, 6) is -0.640. The number of fused-ring (bicyclic) bond motifs is 1. The first-order chi connectivity index (χ1) is 24.6. The van der Waals surface area contributed by atoms with Crippen LogP contribution in [0.25, 0.3) is 16.7 Å². The molecule has 0 spiro atoms. The van der Waals surface area contributed by atoms with Crippen molar-refractivity contribution in [1.29, 1.82) is 0 Å². The third-order valence-electron chi connectivity index (χ3n) is 7.68. The summed E-state index contributed by atoms with van der Waals surface area (Å²) in [6.45, 7) is 25.1. The number of hydrogen-bond donors (Lipinski definition) is 2. The van der Waals surface area contributed by atoms with Gasteiger partial charge < -0.3 is 15.2 Å². The first-order valence-electron chi connectivity index (χ1n) is 17.1. The SMILES string of the molecule is C=C/C(=C\C(=C)C=O)c1cc2c(C(=O)OC)c(C(=C)CC/C(P)=C\C)nn2cc1N(CCO)S(C)(=O)=O.CC.CC.CNC(C)(C)c1ccccc1. The molecule has 12 heteroatoms. The van der Waals surface area contributed by atoms with E-state index in [1.165, 1.54) is 35.5 Å². The van der Waals surface area contributed by atoms with Crippen molar-refractivity contribution in [2.75, 3.05) is 37.9 Å². The first-order valence-corrected chi connectivity index (χ1v) is 19.6. The number of aliphatic hydroxyl groups excluding tert-OH is 1. The molecule has 0 amide bonds. The number of aromatic nitrogens is 2. The monoisotopic (exact) mass is 754 g/mol. The largest absolute Gasteiger partial charge is 0.465 e. The number of nitrogens with zero attached hydrogens (tertiary/aromatic N) is 3. The highest BCUT2D eigenvalue weighted by Gasteiger charge is 2.27. The van der Waals surface area contributed by atoms with Gasteiger partial charge in [-0.15, -0.1) is 9.24 Å². The molecule has 0 saturated carbocycles. The number of rotatable bonds is 15. The molecule has 0 radical (unpaired) electrons. The van der Waals surface area contributed by atoms with E-state index in [2.05, 4.69) is 77.5 Å². The van der Waals surface area contributed by atoms with Crippen LogP contribution in [0.3, 0.4) is 0 Å². The fourth-order valence-electron chi connectivity index (χ4n) is 4.65. The van der Waals surface area contributed by atoms with Gasteiger partial charge in [0.1, 0.15) is 17.5 Å². The van der Waals surface area contributed by atoms with Crippen molar-refractivity contribution in [3.05, 3.63) is 114 Å². The van der Waals surface area contributed by atoms with Gasteiger partial charge in [0.2, 0.25) is 10.0 Å². The van der Waals surface area contributed by atoms with Crippen LogP contribution < -0.4 is 9.62 Å². The zero-order chi connectivity index (χ0) is 40.2. The van der Waals surface area contributed by atoms with E-state index in [-0.39, 0.29) is 28.9 Å². The van der Waals surface area contributed by atoms with Crippen LogP contribution in [0.1, 0.15) is 88.5 Å². The number of methoxy groups -OCH3 is 1. The minimum absolute atomic E-state index is 0.0846. The molecule has 1 atom stereocenters. The van der Waals surface area contributed by atoms with Gasteiger partial charge in [0.05, 0.1) is 43.9 Å². The fourth-order valence-corrected chi connectivity index (χ4v) is 5.71. The van der Waals surface area contributed by atoms with Crippen molar-refractivity contribution in [1.82, 2.24) is 14.9 Å². The van der Waals surface area contributed by atoms with Gasteiger partial charge in [-0.3, -0.25) is 9.10 Å². The summed E-state index contributed by atoms with van der Waals surface area (Å²) in [4.78, 5) is 24.2. The van der Waals surface area contributed by atoms with Crippen molar-refractivity contribution < 1.29 is 27.9 Å². The Morgan fingerprint density at radius 1 is 1.13 bits per heavy atom. The molecule has 0 fully saturated rings. The molecule has 3 aromatic rings. The highest BCUT2D eigenvalue weighted by Crippen LogP contribution is 2.35. The normalized spacial score (nSPS) is 11.5. The van der Waals surface area contributed by atoms with Crippen LogP contribution in [0.15, 0.2) is 91.4 Å². The van der Waals surface area contributed by atoms with Gasteiger partial charge in [-0.2, -0.15) is 5.10 Å². The smallest absolute Gasteiger partial charge is 0.342 e. The predicted molar refractivity (Wildman–Crippen MR) is 222 cm³/mol. The van der Waals surface area contributed by atoms with E-state index >= 15 is 0 Å². The zero-order valence-electron chi connectivity index (χ0n) is 32.6. The number of carbonyl (C=O) groups excluding carboxylic acids is 2. The van der Waals surface area contributed by atoms with E-state index in [4.69, 9.17) is 4.74 Å². The second kappa shape index (κ2) is 23.4. The van der Waals surface area contributed by atoms with Gasteiger partial charge >= 0.3 is 5.97 Å². The topological polar surface area (TPSA) is 130 Å². The molecule has 0 aliphatic heterocycles. The summed E-state index contributed by atoms with van der Waals surface area (Å²) in [5.41, 5.74) is 3.80. The van der Waals surface area contributed by atoms with Gasteiger partial charge in [-0.25, -0.2) is 17.7 Å². The maximum Gasteiger partial charge on any atom is 0.342 e. The summed E-state index contributed by atoms with van der Waals surface area (Å²) in [5, 5.41) is 18.5. The van der Waals surface area contributed by atoms with Gasteiger partial charge in [-0.05, 0) is 69.5 Å². The molecule has 0 saturated heterocycles. The molecule has 286 valence electrons. The zero-order valence-corrected chi connectivity index (χ0v) is 34.6. The Bertz CT molecular complexity index is 1830. The molecule has 1 unspecified atom stereocenters. The molecule has 2 aromatic heterocycles. The lowest BCUT2D eigenvalue weighted by molar-refractivity contribution is -0.104. The lowest BCUT2D eigenvalue weighted by atomic mass is 9.95. The van der Waals surface area contributed by atoms with Crippen LogP contribution in [-0.4, -0.2) is 69.0 Å². The van der Waals surface area contributed by atoms with Crippen LogP contribution in [0.4, 0.5) is 5.69 Å². The van der Waals surface area contributed by atoms with E-state index in [1.807, 2.05) is 53.8 Å². The molecular weight excluding hydrogens is 696 g/mol. The molecule has 0 aliphatic rings. The number of hydrogen-bond acceptors (Lipinski definition) is 8. The van der Waals surface area contributed by atoms with Crippen molar-refractivity contribution in [3.63, 3.8) is 0 Å². The van der Waals surface area contributed by atoms with Crippen molar-refractivity contribution >= 4 is 53.9 Å². The average molecular weight is 755 g/mol. The standard InChI is InChI=1S/C26H32N3O6PS.C10H15N.2C2H6/c1-7-19(13-17(3)16-31)21-14-22-24(26(32)35-5)25(18(4)9-10-20(36)8-2)27-28(22)15-23(21)29(11-12-30)37(6,33)34;1-10(2,11-3)9-7-5-4-6-8-9;2*1-2/h7-8,13-16,30H,1,3-4,9-12,36H2,2,5-6H3;4-8,11H,1-3H3;2*1-2H3/b19-13+,20-8+;;;. The minimum Gasteiger partial charge on any atom is -0.465 e. The summed E-state index contributed by atoms with van der Waals surface area (Å²) in [6, 6.07) is 12.0. The molecule has 0 aliphatic carbocycles.